The van der Waals surface area contributed by atoms with Crippen LogP contribution in [-0.4, -0.2) is 16.9 Å². The summed E-state index contributed by atoms with van der Waals surface area (Å²) < 4.78 is 26.3. The second-order valence-corrected chi connectivity index (χ2v) is 6.96. The molecule has 0 saturated heterocycles. The molecule has 6 nitrogen and oxygen atoms in total. The predicted molar refractivity (Wildman–Crippen MR) is 105 cm³/mol. The summed E-state index contributed by atoms with van der Waals surface area (Å²) in [5.74, 6) is -2.60. The Morgan fingerprint density at radius 1 is 0.893 bits per heavy atom. The minimum absolute atomic E-state index is 0.114. The van der Waals surface area contributed by atoms with Crippen LogP contribution in [0.5, 0.6) is 0 Å². The second-order valence-electron chi connectivity index (χ2n) is 5.96. The number of aromatic nitrogens is 1. The molecular formula is C19H16F2N4O2S. The van der Waals surface area contributed by atoms with E-state index in [9.17, 15) is 18.4 Å². The molecule has 0 aliphatic heterocycles. The van der Waals surface area contributed by atoms with E-state index in [-0.39, 0.29) is 15.7 Å². The Balaban J connectivity index is 1.66. The summed E-state index contributed by atoms with van der Waals surface area (Å²) >= 11 is 0.973. The molecule has 3 rings (SSSR count). The van der Waals surface area contributed by atoms with E-state index in [1.165, 1.54) is 6.07 Å². The smallest absolute Gasteiger partial charge is 0.321 e. The normalized spacial score (nSPS) is 10.4. The fourth-order valence-corrected chi connectivity index (χ4v) is 3.18. The van der Waals surface area contributed by atoms with E-state index < -0.39 is 23.6 Å². The Labute approximate surface area is 163 Å². The highest BCUT2D eigenvalue weighted by atomic mass is 32.1. The minimum atomic E-state index is -1.06. The van der Waals surface area contributed by atoms with Gasteiger partial charge in [0.05, 0.1) is 5.69 Å². The summed E-state index contributed by atoms with van der Waals surface area (Å²) in [6, 6.07) is 9.83. The van der Waals surface area contributed by atoms with Crippen LogP contribution in [0.4, 0.5) is 30.1 Å². The number of benzene rings is 2. The number of hydrogen-bond donors (Lipinski definition) is 3. The lowest BCUT2D eigenvalue weighted by Gasteiger charge is -2.05. The molecule has 0 spiro atoms. The lowest BCUT2D eigenvalue weighted by molar-refractivity contribution is 0.102. The van der Waals surface area contributed by atoms with Crippen molar-refractivity contribution in [2.75, 3.05) is 16.0 Å². The zero-order valence-electron chi connectivity index (χ0n) is 15.0. The van der Waals surface area contributed by atoms with E-state index >= 15 is 0 Å². The van der Waals surface area contributed by atoms with Crippen LogP contribution in [0.3, 0.4) is 0 Å². The number of rotatable bonds is 4. The van der Waals surface area contributed by atoms with Crippen LogP contribution in [0.15, 0.2) is 42.5 Å². The number of amides is 3. The first kappa shape index (κ1) is 19.4. The van der Waals surface area contributed by atoms with Gasteiger partial charge in [0.25, 0.3) is 5.91 Å². The van der Waals surface area contributed by atoms with Crippen molar-refractivity contribution >= 4 is 39.8 Å². The first-order valence-electron chi connectivity index (χ1n) is 8.20. The van der Waals surface area contributed by atoms with Gasteiger partial charge in [0, 0.05) is 17.4 Å². The van der Waals surface area contributed by atoms with Crippen LogP contribution < -0.4 is 16.0 Å². The first-order valence-corrected chi connectivity index (χ1v) is 9.02. The topological polar surface area (TPSA) is 83.1 Å². The molecule has 0 aliphatic carbocycles. The van der Waals surface area contributed by atoms with Gasteiger partial charge in [0.15, 0.2) is 16.8 Å². The number of nitrogens with one attached hydrogen (secondary N) is 3. The van der Waals surface area contributed by atoms with E-state index in [1.54, 1.807) is 19.1 Å². The average Bonchev–Trinajstić information content (AvgIpc) is 3.00. The van der Waals surface area contributed by atoms with Gasteiger partial charge in [-0.1, -0.05) is 29.0 Å². The Morgan fingerprint density at radius 2 is 1.57 bits per heavy atom. The van der Waals surface area contributed by atoms with Crippen LogP contribution >= 0.6 is 11.3 Å². The van der Waals surface area contributed by atoms with Crippen molar-refractivity contribution in [2.45, 2.75) is 13.8 Å². The molecular weight excluding hydrogens is 386 g/mol. The van der Waals surface area contributed by atoms with Crippen molar-refractivity contribution in [3.05, 3.63) is 70.2 Å². The fourth-order valence-electron chi connectivity index (χ4n) is 2.32. The number of carbonyl (C=O) groups excluding carboxylic acids is 2. The summed E-state index contributed by atoms with van der Waals surface area (Å²) in [6.07, 6.45) is 0. The van der Waals surface area contributed by atoms with E-state index in [0.717, 1.165) is 29.0 Å². The van der Waals surface area contributed by atoms with Gasteiger partial charge in [-0.25, -0.2) is 18.6 Å². The molecule has 0 atom stereocenters. The van der Waals surface area contributed by atoms with Crippen LogP contribution in [-0.2, 0) is 0 Å². The highest BCUT2D eigenvalue weighted by Gasteiger charge is 2.17. The van der Waals surface area contributed by atoms with E-state index in [4.69, 9.17) is 0 Å². The van der Waals surface area contributed by atoms with E-state index in [2.05, 4.69) is 20.9 Å². The summed E-state index contributed by atoms with van der Waals surface area (Å²) in [6.45, 7) is 3.55. The van der Waals surface area contributed by atoms with Crippen molar-refractivity contribution in [2.24, 2.45) is 0 Å². The molecule has 28 heavy (non-hydrogen) atoms. The van der Waals surface area contributed by atoms with Gasteiger partial charge in [-0.2, -0.15) is 0 Å². The number of urea groups is 1. The van der Waals surface area contributed by atoms with E-state index in [1.807, 2.05) is 19.1 Å². The molecule has 2 aromatic carbocycles. The van der Waals surface area contributed by atoms with Crippen molar-refractivity contribution in [1.29, 1.82) is 0 Å². The maximum Gasteiger partial charge on any atom is 0.325 e. The third kappa shape index (κ3) is 4.68. The minimum Gasteiger partial charge on any atom is -0.321 e. The Bertz CT molecular complexity index is 1030. The van der Waals surface area contributed by atoms with Crippen molar-refractivity contribution in [3.8, 4) is 0 Å². The molecule has 1 aromatic heterocycles. The van der Waals surface area contributed by atoms with Crippen LogP contribution in [0.2, 0.25) is 0 Å². The highest BCUT2D eigenvalue weighted by Crippen LogP contribution is 2.24. The van der Waals surface area contributed by atoms with Crippen LogP contribution in [0.25, 0.3) is 0 Å². The summed E-state index contributed by atoms with van der Waals surface area (Å²) in [7, 11) is 0. The first-order chi connectivity index (χ1) is 13.3. The number of aryl methyl sites for hydroxylation is 2. The zero-order chi connectivity index (χ0) is 20.3. The number of thiazole rings is 1. The predicted octanol–water partition coefficient (Wildman–Crippen LogP) is 4.93. The molecule has 0 saturated carbocycles. The summed E-state index contributed by atoms with van der Waals surface area (Å²) in [4.78, 5) is 28.9. The van der Waals surface area contributed by atoms with Gasteiger partial charge in [-0.15, -0.1) is 0 Å². The fraction of sp³-hybridized carbons (Fsp3) is 0.105. The lowest BCUT2D eigenvalue weighted by atomic mass is 10.2. The van der Waals surface area contributed by atoms with Crippen molar-refractivity contribution < 1.29 is 18.4 Å². The molecule has 0 unspecified atom stereocenters. The molecule has 3 N–H and O–H groups in total. The number of carbonyl (C=O) groups is 2. The number of halogens is 2. The largest absolute Gasteiger partial charge is 0.325 e. The lowest BCUT2D eigenvalue weighted by Crippen LogP contribution is -2.19. The van der Waals surface area contributed by atoms with Crippen molar-refractivity contribution in [1.82, 2.24) is 4.98 Å². The maximum atomic E-state index is 13.3. The molecule has 1 heterocycles. The van der Waals surface area contributed by atoms with Gasteiger partial charge in [0.2, 0.25) is 0 Å². The number of hydrogen-bond acceptors (Lipinski definition) is 4. The maximum absolute atomic E-state index is 13.3. The quantitative estimate of drug-likeness (QED) is 0.578. The number of nitrogens with zero attached hydrogens (tertiary/aromatic N) is 1. The van der Waals surface area contributed by atoms with Crippen LogP contribution in [0.1, 0.15) is 20.9 Å². The van der Waals surface area contributed by atoms with Gasteiger partial charge < -0.3 is 10.6 Å². The monoisotopic (exact) mass is 402 g/mol. The highest BCUT2D eigenvalue weighted by molar-refractivity contribution is 7.17. The third-order valence-corrected chi connectivity index (χ3v) is 4.78. The van der Waals surface area contributed by atoms with Gasteiger partial charge >= 0.3 is 6.03 Å². The Kier molecular flexibility index (Phi) is 5.65. The van der Waals surface area contributed by atoms with Crippen LogP contribution in [0, 0.1) is 25.5 Å². The Morgan fingerprint density at radius 3 is 2.25 bits per heavy atom. The Hall–Kier alpha value is -3.33. The standard InChI is InChI=1S/C19H16F2N4O2S/c1-10-3-5-12(6-4-10)24-18(27)25-19-22-11(2)16(28-19)17(26)23-13-7-8-14(20)15(21)9-13/h3-9H,1-2H3,(H,23,26)(H2,22,24,25,27). The average molecular weight is 402 g/mol. The molecule has 0 bridgehead atoms. The molecule has 144 valence electrons. The molecule has 3 aromatic rings. The molecule has 0 radical (unpaired) electrons. The molecule has 3 amide bonds. The molecule has 0 fully saturated rings. The van der Waals surface area contributed by atoms with Gasteiger partial charge in [0.1, 0.15) is 4.88 Å². The third-order valence-electron chi connectivity index (χ3n) is 3.71. The second kappa shape index (κ2) is 8.13. The van der Waals surface area contributed by atoms with Gasteiger partial charge in [-0.05, 0) is 38.1 Å². The van der Waals surface area contributed by atoms with E-state index in [0.29, 0.717) is 11.4 Å². The van der Waals surface area contributed by atoms with Gasteiger partial charge in [-0.3, -0.25) is 10.1 Å². The molecule has 9 heteroatoms. The molecule has 0 aliphatic rings. The zero-order valence-corrected chi connectivity index (χ0v) is 15.8. The summed E-state index contributed by atoms with van der Waals surface area (Å²) in [5, 5.41) is 7.94. The van der Waals surface area contributed by atoms with Crippen molar-refractivity contribution in [3.63, 3.8) is 0 Å². The SMILES string of the molecule is Cc1ccc(NC(=O)Nc2nc(C)c(C(=O)Nc3ccc(F)c(F)c3)s2)cc1. The summed E-state index contributed by atoms with van der Waals surface area (Å²) in [5.41, 5.74) is 2.20. The number of anilines is 3.